The van der Waals surface area contributed by atoms with Crippen molar-refractivity contribution < 1.29 is 8.42 Å². The van der Waals surface area contributed by atoms with E-state index in [-0.39, 0.29) is 5.03 Å². The van der Waals surface area contributed by atoms with Gasteiger partial charge < -0.3 is 4.57 Å². The molecule has 0 aliphatic rings. The molecule has 1 aromatic heterocycles. The van der Waals surface area contributed by atoms with Crippen LogP contribution in [0.25, 0.3) is 0 Å². The Balaban J connectivity index is 2.29. The average Bonchev–Trinajstić information content (AvgIpc) is 2.74. The van der Waals surface area contributed by atoms with E-state index in [0.29, 0.717) is 18.1 Å². The first-order valence-electron chi connectivity index (χ1n) is 5.74. The van der Waals surface area contributed by atoms with Crippen molar-refractivity contribution in [1.82, 2.24) is 9.55 Å². The highest BCUT2D eigenvalue weighted by molar-refractivity contribution is 14.1. The summed E-state index contributed by atoms with van der Waals surface area (Å²) in [6, 6.07) is 7.13. The number of nitrogens with one attached hydrogen (secondary N) is 1. The molecule has 19 heavy (non-hydrogen) atoms. The number of aromatic nitrogens is 2. The molecule has 5 nitrogen and oxygen atoms in total. The van der Waals surface area contributed by atoms with Crippen molar-refractivity contribution in [2.75, 3.05) is 4.72 Å². The van der Waals surface area contributed by atoms with Crippen molar-refractivity contribution in [3.05, 3.63) is 39.9 Å². The summed E-state index contributed by atoms with van der Waals surface area (Å²) in [5.41, 5.74) is 0.532. The Labute approximate surface area is 126 Å². The van der Waals surface area contributed by atoms with Crippen molar-refractivity contribution in [1.29, 1.82) is 0 Å². The second-order valence-electron chi connectivity index (χ2n) is 4.02. The Kier molecular flexibility index (Phi) is 4.14. The highest BCUT2D eigenvalue weighted by atomic mass is 127. The molecular formula is C12H14IN3O2S. The Morgan fingerprint density at radius 1 is 1.32 bits per heavy atom. The molecule has 1 heterocycles. The lowest BCUT2D eigenvalue weighted by molar-refractivity contribution is 0.598. The van der Waals surface area contributed by atoms with Gasteiger partial charge in [0, 0.05) is 22.0 Å². The van der Waals surface area contributed by atoms with Gasteiger partial charge in [-0.1, -0.05) is 0 Å². The van der Waals surface area contributed by atoms with E-state index in [1.165, 1.54) is 0 Å². The van der Waals surface area contributed by atoms with Gasteiger partial charge in [0.05, 0.1) is 0 Å². The number of nitrogens with zero attached hydrogens (tertiary/aromatic N) is 2. The zero-order valence-corrected chi connectivity index (χ0v) is 13.6. The molecule has 0 bridgehead atoms. The number of hydrogen-bond acceptors (Lipinski definition) is 3. The predicted molar refractivity (Wildman–Crippen MR) is 82.6 cm³/mol. The molecule has 2 rings (SSSR count). The predicted octanol–water partition coefficient (Wildman–Crippen LogP) is 2.62. The molecule has 0 saturated carbocycles. The van der Waals surface area contributed by atoms with Gasteiger partial charge in [-0.2, -0.15) is 8.42 Å². The fourth-order valence-corrected chi connectivity index (χ4v) is 3.08. The van der Waals surface area contributed by atoms with E-state index in [9.17, 15) is 8.42 Å². The van der Waals surface area contributed by atoms with E-state index >= 15 is 0 Å². The molecule has 0 saturated heterocycles. The van der Waals surface area contributed by atoms with Gasteiger partial charge in [-0.05, 0) is 60.7 Å². The van der Waals surface area contributed by atoms with Crippen LogP contribution in [0.2, 0.25) is 0 Å². The van der Waals surface area contributed by atoms with Crippen molar-refractivity contribution in [3.63, 3.8) is 0 Å². The first kappa shape index (κ1) is 14.3. The van der Waals surface area contributed by atoms with Gasteiger partial charge in [0.1, 0.15) is 5.82 Å². The molecule has 0 unspecified atom stereocenters. The lowest BCUT2D eigenvalue weighted by atomic mass is 10.3. The first-order valence-corrected chi connectivity index (χ1v) is 8.30. The summed E-state index contributed by atoms with van der Waals surface area (Å²) in [4.78, 5) is 4.08. The molecule has 2 aromatic rings. The lowest BCUT2D eigenvalue weighted by Crippen LogP contribution is -2.13. The van der Waals surface area contributed by atoms with Gasteiger partial charge in [0.25, 0.3) is 10.0 Å². The maximum absolute atomic E-state index is 12.2. The van der Waals surface area contributed by atoms with Gasteiger partial charge in [0.2, 0.25) is 0 Å². The maximum Gasteiger partial charge on any atom is 0.280 e. The molecule has 0 amide bonds. The topological polar surface area (TPSA) is 64.0 Å². The van der Waals surface area contributed by atoms with Crippen LogP contribution >= 0.6 is 22.6 Å². The van der Waals surface area contributed by atoms with E-state index in [2.05, 4.69) is 32.3 Å². The minimum atomic E-state index is -3.62. The van der Waals surface area contributed by atoms with Crippen LogP contribution < -0.4 is 4.72 Å². The van der Waals surface area contributed by atoms with Crippen molar-refractivity contribution >= 4 is 38.3 Å². The number of sulfonamides is 1. The molecular weight excluding hydrogens is 377 g/mol. The molecule has 0 fully saturated rings. The summed E-state index contributed by atoms with van der Waals surface area (Å²) < 4.78 is 29.7. The van der Waals surface area contributed by atoms with E-state index in [0.717, 1.165) is 3.57 Å². The van der Waals surface area contributed by atoms with Gasteiger partial charge in [-0.15, -0.1) is 0 Å². The molecule has 0 atom stereocenters. The molecule has 1 aromatic carbocycles. The van der Waals surface area contributed by atoms with Gasteiger partial charge in [0.15, 0.2) is 5.03 Å². The van der Waals surface area contributed by atoms with Crippen LogP contribution in [0.4, 0.5) is 5.69 Å². The van der Waals surface area contributed by atoms with Crippen molar-refractivity contribution in [3.8, 4) is 0 Å². The molecule has 102 valence electrons. The SMILES string of the molecule is CCn1cc(S(=O)(=O)Nc2ccc(I)cc2)nc1C. The third-order valence-electron chi connectivity index (χ3n) is 2.67. The largest absolute Gasteiger partial charge is 0.334 e. The van der Waals surface area contributed by atoms with Crippen LogP contribution in [0.15, 0.2) is 35.5 Å². The number of halogens is 1. The van der Waals surface area contributed by atoms with E-state index < -0.39 is 10.0 Å². The third-order valence-corrected chi connectivity index (χ3v) is 4.64. The minimum absolute atomic E-state index is 0.0467. The Hall–Kier alpha value is -1.09. The molecule has 0 aliphatic carbocycles. The fraction of sp³-hybridized carbons (Fsp3) is 0.250. The minimum Gasteiger partial charge on any atom is -0.334 e. The number of aryl methyl sites for hydroxylation is 2. The molecule has 0 aliphatic heterocycles. The van der Waals surface area contributed by atoms with Gasteiger partial charge >= 0.3 is 0 Å². The van der Waals surface area contributed by atoms with Crippen molar-refractivity contribution in [2.45, 2.75) is 25.4 Å². The number of rotatable bonds is 4. The average molecular weight is 391 g/mol. The van der Waals surface area contributed by atoms with Crippen LogP contribution in [0.1, 0.15) is 12.7 Å². The Morgan fingerprint density at radius 3 is 2.47 bits per heavy atom. The number of benzene rings is 1. The summed E-state index contributed by atoms with van der Waals surface area (Å²) >= 11 is 2.17. The highest BCUT2D eigenvalue weighted by Crippen LogP contribution is 2.17. The summed E-state index contributed by atoms with van der Waals surface area (Å²) in [5.74, 6) is 0.686. The lowest BCUT2D eigenvalue weighted by Gasteiger charge is -2.05. The summed E-state index contributed by atoms with van der Waals surface area (Å²) in [6.45, 7) is 4.42. The zero-order valence-electron chi connectivity index (χ0n) is 10.6. The molecule has 0 radical (unpaired) electrons. The standard InChI is InChI=1S/C12H14IN3O2S/c1-3-16-8-12(14-9(16)2)19(17,18)15-11-6-4-10(13)5-7-11/h4-8,15H,3H2,1-2H3. The van der Waals surface area contributed by atoms with E-state index in [4.69, 9.17) is 0 Å². The molecule has 0 spiro atoms. The molecule has 7 heteroatoms. The third kappa shape index (κ3) is 3.27. The highest BCUT2D eigenvalue weighted by Gasteiger charge is 2.18. The Bertz CT molecular complexity index is 678. The number of anilines is 1. The van der Waals surface area contributed by atoms with E-state index in [1.54, 1.807) is 29.8 Å². The monoisotopic (exact) mass is 391 g/mol. The first-order chi connectivity index (χ1) is 8.92. The van der Waals surface area contributed by atoms with Crippen LogP contribution in [-0.4, -0.2) is 18.0 Å². The normalized spacial score (nSPS) is 11.5. The summed E-state index contributed by atoms with van der Waals surface area (Å²) in [5, 5.41) is 0.0467. The van der Waals surface area contributed by atoms with Crippen LogP contribution in [0, 0.1) is 10.5 Å². The summed E-state index contributed by atoms with van der Waals surface area (Å²) in [6.07, 6.45) is 1.55. The van der Waals surface area contributed by atoms with Gasteiger partial charge in [-0.3, -0.25) is 4.72 Å². The summed E-state index contributed by atoms with van der Waals surface area (Å²) in [7, 11) is -3.62. The second-order valence-corrected chi connectivity index (χ2v) is 6.90. The molecule has 1 N–H and O–H groups in total. The second kappa shape index (κ2) is 5.49. The maximum atomic E-state index is 12.2. The van der Waals surface area contributed by atoms with Gasteiger partial charge in [-0.25, -0.2) is 4.98 Å². The van der Waals surface area contributed by atoms with Crippen LogP contribution in [-0.2, 0) is 16.6 Å². The smallest absolute Gasteiger partial charge is 0.280 e. The van der Waals surface area contributed by atoms with Crippen LogP contribution in [0.5, 0.6) is 0 Å². The van der Waals surface area contributed by atoms with Crippen molar-refractivity contribution in [2.24, 2.45) is 0 Å². The Morgan fingerprint density at radius 2 is 1.95 bits per heavy atom. The van der Waals surface area contributed by atoms with Crippen LogP contribution in [0.3, 0.4) is 0 Å². The number of hydrogen-bond donors (Lipinski definition) is 1. The zero-order chi connectivity index (χ0) is 14.0. The fourth-order valence-electron chi connectivity index (χ4n) is 1.65. The van der Waals surface area contributed by atoms with E-state index in [1.807, 2.05) is 19.1 Å². The quantitative estimate of drug-likeness (QED) is 0.816. The number of imidazole rings is 1.